The molecule has 0 aliphatic heterocycles. The van der Waals surface area contributed by atoms with Crippen LogP contribution in [0.1, 0.15) is 19.3 Å². The third kappa shape index (κ3) is 10.1. The largest absolute Gasteiger partial charge is 0.500 e. The van der Waals surface area contributed by atoms with Crippen LogP contribution in [0.3, 0.4) is 0 Å². The summed E-state index contributed by atoms with van der Waals surface area (Å²) in [5, 5.41) is 0. The zero-order valence-corrected chi connectivity index (χ0v) is 30.7. The standard InChI is InChI=1S/C30H54NO9Si3/c1-32-41(33-2,34-3)25-13-22-31(23-14-26-42(35-4,36-5)37-6,24-15-27-43(38-7,39-8)40-9)30-20-18-29(19-21-30)28-16-11-10-12-17-28/h10-12,16-21H,13-15,22-27H2,1-9H3/q+1. The Labute approximate surface area is 262 Å². The van der Waals surface area contributed by atoms with Crippen LogP contribution in [0.15, 0.2) is 54.6 Å². The van der Waals surface area contributed by atoms with Crippen molar-refractivity contribution in [1.82, 2.24) is 4.48 Å². The van der Waals surface area contributed by atoms with Gasteiger partial charge in [-0.25, -0.2) is 0 Å². The van der Waals surface area contributed by atoms with Crippen LogP contribution in [0.5, 0.6) is 0 Å². The van der Waals surface area contributed by atoms with Gasteiger partial charge < -0.3 is 39.8 Å². The molecule has 2 aromatic carbocycles. The number of hydrogen-bond acceptors (Lipinski definition) is 9. The van der Waals surface area contributed by atoms with Gasteiger partial charge in [-0.15, -0.1) is 0 Å². The van der Waals surface area contributed by atoms with Crippen molar-refractivity contribution >= 4 is 32.1 Å². The molecule has 10 nitrogen and oxygen atoms in total. The SMILES string of the molecule is CO[Si](CCC[N+](CCC[Si](OC)(OC)OC)(CCC[Si](OC)(OC)OC)c1ccc(-c2ccccc2)cc1)(OC)OC. The molecule has 0 unspecified atom stereocenters. The van der Waals surface area contributed by atoms with Gasteiger partial charge in [0.15, 0.2) is 0 Å². The molecule has 13 heteroatoms. The molecule has 0 amide bonds. The molecule has 244 valence electrons. The van der Waals surface area contributed by atoms with Gasteiger partial charge in [-0.2, -0.15) is 0 Å². The van der Waals surface area contributed by atoms with Crippen LogP contribution in [0.2, 0.25) is 18.1 Å². The number of rotatable bonds is 23. The maximum absolute atomic E-state index is 5.76. The summed E-state index contributed by atoms with van der Waals surface area (Å²) in [6.07, 6.45) is 2.56. The summed E-state index contributed by atoms with van der Waals surface area (Å²) in [7, 11) is 6.75. The summed E-state index contributed by atoms with van der Waals surface area (Å²) in [4.78, 5) is 0. The molecule has 0 heterocycles. The highest BCUT2D eigenvalue weighted by Gasteiger charge is 2.43. The third-order valence-corrected chi connectivity index (χ3v) is 17.0. The van der Waals surface area contributed by atoms with Gasteiger partial charge in [0.05, 0.1) is 19.6 Å². The van der Waals surface area contributed by atoms with Crippen LogP contribution in [-0.4, -0.2) is 110 Å². The lowest BCUT2D eigenvalue weighted by atomic mass is 10.0. The molecule has 0 atom stereocenters. The minimum absolute atomic E-state index is 0.707. The highest BCUT2D eigenvalue weighted by atomic mass is 28.4. The zero-order chi connectivity index (χ0) is 31.8. The van der Waals surface area contributed by atoms with E-state index < -0.39 is 26.4 Å². The first-order valence-electron chi connectivity index (χ1n) is 14.7. The van der Waals surface area contributed by atoms with Crippen LogP contribution in [0.4, 0.5) is 5.69 Å². The highest BCUT2D eigenvalue weighted by Crippen LogP contribution is 2.32. The van der Waals surface area contributed by atoms with E-state index >= 15 is 0 Å². The zero-order valence-electron chi connectivity index (χ0n) is 27.7. The number of hydrogen-bond donors (Lipinski definition) is 0. The lowest BCUT2D eigenvalue weighted by Gasteiger charge is -2.40. The summed E-state index contributed by atoms with van der Waals surface area (Å²) < 4.78 is 52.6. The Hall–Kier alpha value is -1.31. The van der Waals surface area contributed by atoms with Crippen LogP contribution in [0, 0.1) is 0 Å². The molecule has 0 aliphatic carbocycles. The van der Waals surface area contributed by atoms with Gasteiger partial charge in [-0.05, 0) is 35.4 Å². The van der Waals surface area contributed by atoms with Gasteiger partial charge in [-0.3, -0.25) is 4.48 Å². The van der Waals surface area contributed by atoms with Gasteiger partial charge in [0.1, 0.15) is 5.69 Å². The van der Waals surface area contributed by atoms with Gasteiger partial charge >= 0.3 is 26.4 Å². The van der Waals surface area contributed by atoms with Crippen LogP contribution in [0.25, 0.3) is 11.1 Å². The Morgan fingerprint density at radius 2 is 0.721 bits per heavy atom. The first kappa shape index (κ1) is 37.9. The second-order valence-electron chi connectivity index (χ2n) is 10.4. The summed E-state index contributed by atoms with van der Waals surface area (Å²) >= 11 is 0. The predicted molar refractivity (Wildman–Crippen MR) is 177 cm³/mol. The minimum atomic E-state index is -2.74. The molecule has 2 aromatic rings. The van der Waals surface area contributed by atoms with Gasteiger partial charge in [0, 0.05) is 101 Å². The van der Waals surface area contributed by atoms with Crippen molar-refractivity contribution in [1.29, 1.82) is 0 Å². The molecule has 0 spiro atoms. The van der Waals surface area contributed by atoms with Gasteiger partial charge in [0.2, 0.25) is 0 Å². The van der Waals surface area contributed by atoms with Crippen molar-refractivity contribution in [3.05, 3.63) is 54.6 Å². The van der Waals surface area contributed by atoms with E-state index in [0.717, 1.165) is 43.4 Å². The first-order chi connectivity index (χ1) is 20.7. The summed E-state index contributed by atoms with van der Waals surface area (Å²) in [5.41, 5.74) is 3.61. The first-order valence-corrected chi connectivity index (χ1v) is 20.5. The van der Waals surface area contributed by atoms with Crippen molar-refractivity contribution in [2.24, 2.45) is 0 Å². The minimum Gasteiger partial charge on any atom is -0.377 e. The average Bonchev–Trinajstić information content (AvgIpc) is 3.08. The number of quaternary nitrogens is 1. The number of nitrogens with zero attached hydrogens (tertiary/aromatic N) is 1. The van der Waals surface area contributed by atoms with Crippen molar-refractivity contribution in [2.75, 3.05) is 83.6 Å². The monoisotopic (exact) mass is 656 g/mol. The molecule has 43 heavy (non-hydrogen) atoms. The maximum atomic E-state index is 5.76. The highest BCUT2D eigenvalue weighted by molar-refractivity contribution is 6.61. The maximum Gasteiger partial charge on any atom is 0.500 e. The van der Waals surface area contributed by atoms with Crippen molar-refractivity contribution in [2.45, 2.75) is 37.4 Å². The fraction of sp³-hybridized carbons (Fsp3) is 0.600. The van der Waals surface area contributed by atoms with E-state index in [2.05, 4.69) is 48.5 Å². The molecule has 0 aliphatic rings. The Balaban J connectivity index is 2.50. The molecule has 0 saturated carbocycles. The Kier molecular flexibility index (Phi) is 16.4. The van der Waals surface area contributed by atoms with Crippen LogP contribution >= 0.6 is 0 Å². The molecule has 0 fully saturated rings. The quantitative estimate of drug-likeness (QED) is 0.114. The topological polar surface area (TPSA) is 83.1 Å². The molecule has 2 rings (SSSR count). The molecule has 0 saturated heterocycles. The van der Waals surface area contributed by atoms with Gasteiger partial charge in [-0.1, -0.05) is 30.3 Å². The van der Waals surface area contributed by atoms with E-state index in [1.807, 2.05) is 6.07 Å². The summed E-state index contributed by atoms with van der Waals surface area (Å²) in [6.45, 7) is 2.58. The summed E-state index contributed by atoms with van der Waals surface area (Å²) in [6, 6.07) is 21.5. The molecule has 0 bridgehead atoms. The smallest absolute Gasteiger partial charge is 0.377 e. The fourth-order valence-corrected chi connectivity index (χ4v) is 10.9. The number of benzene rings is 2. The van der Waals surface area contributed by atoms with Crippen molar-refractivity contribution in [3.8, 4) is 11.1 Å². The van der Waals surface area contributed by atoms with Crippen LogP contribution < -0.4 is 4.48 Å². The third-order valence-electron chi connectivity index (χ3n) is 8.53. The predicted octanol–water partition coefficient (Wildman–Crippen LogP) is 5.47. The molecular formula is C30H54NO9Si3+. The Bertz CT molecular complexity index is 932. The lowest BCUT2D eigenvalue weighted by Crippen LogP contribution is -2.54. The Morgan fingerprint density at radius 3 is 1.02 bits per heavy atom. The molecular weight excluding hydrogens is 603 g/mol. The van der Waals surface area contributed by atoms with Crippen molar-refractivity contribution < 1.29 is 39.8 Å². The van der Waals surface area contributed by atoms with E-state index in [1.54, 1.807) is 64.0 Å². The fourth-order valence-electron chi connectivity index (χ4n) is 5.79. The van der Waals surface area contributed by atoms with E-state index in [-0.39, 0.29) is 0 Å². The van der Waals surface area contributed by atoms with E-state index in [1.165, 1.54) is 16.8 Å². The normalized spacial score (nSPS) is 13.0. The van der Waals surface area contributed by atoms with E-state index in [4.69, 9.17) is 39.8 Å². The van der Waals surface area contributed by atoms with E-state index in [0.29, 0.717) is 18.1 Å². The van der Waals surface area contributed by atoms with Crippen LogP contribution in [-0.2, 0) is 39.8 Å². The second kappa shape index (κ2) is 18.6. The molecule has 0 radical (unpaired) electrons. The van der Waals surface area contributed by atoms with Crippen molar-refractivity contribution in [3.63, 3.8) is 0 Å². The van der Waals surface area contributed by atoms with E-state index in [9.17, 15) is 0 Å². The second-order valence-corrected chi connectivity index (χ2v) is 19.7. The summed E-state index contributed by atoms with van der Waals surface area (Å²) in [5.74, 6) is 0. The lowest BCUT2D eigenvalue weighted by molar-refractivity contribution is 0.118. The molecule has 0 aromatic heterocycles. The van der Waals surface area contributed by atoms with Gasteiger partial charge in [0.25, 0.3) is 0 Å². The average molecular weight is 657 g/mol. The molecule has 0 N–H and O–H groups in total. The Morgan fingerprint density at radius 1 is 0.419 bits per heavy atom.